The molecule has 0 aromatic carbocycles. The van der Waals surface area contributed by atoms with Gasteiger partial charge in [0.05, 0.1) is 13.2 Å². The molecule has 9 heavy (non-hydrogen) atoms. The van der Waals surface area contributed by atoms with E-state index in [1.54, 1.807) is 0 Å². The highest BCUT2D eigenvalue weighted by atomic mass is 16.5. The third-order valence-electron chi connectivity index (χ3n) is 2.30. The molecule has 0 bridgehead atoms. The highest BCUT2D eigenvalue weighted by Crippen LogP contribution is 2.23. The van der Waals surface area contributed by atoms with Gasteiger partial charge in [0.15, 0.2) is 0 Å². The van der Waals surface area contributed by atoms with Crippen molar-refractivity contribution in [3.8, 4) is 0 Å². The molecule has 0 aliphatic carbocycles. The second-order valence-electron chi connectivity index (χ2n) is 3.21. The molecule has 0 saturated carbocycles. The molecular formula is C7H15NO. The molecule has 1 N–H and O–H groups in total. The Bertz CT molecular complexity index is 97.1. The molecule has 0 amide bonds. The van der Waals surface area contributed by atoms with E-state index in [4.69, 9.17) is 4.74 Å². The molecule has 1 fully saturated rings. The molecule has 1 heterocycles. The van der Waals surface area contributed by atoms with E-state index in [2.05, 4.69) is 19.2 Å². The van der Waals surface area contributed by atoms with Crippen LogP contribution in [-0.4, -0.2) is 25.8 Å². The molecule has 0 aromatic heterocycles. The first-order valence-corrected chi connectivity index (χ1v) is 3.43. The van der Waals surface area contributed by atoms with Crippen LogP contribution in [-0.2, 0) is 4.74 Å². The Morgan fingerprint density at radius 2 is 2.00 bits per heavy atom. The lowest BCUT2D eigenvalue weighted by Gasteiger charge is -2.39. The normalized spacial score (nSPS) is 21.7. The summed E-state index contributed by atoms with van der Waals surface area (Å²) in [5.41, 5.74) is 0.262. The molecule has 0 atom stereocenters. The molecule has 1 aliphatic heterocycles. The highest BCUT2D eigenvalue weighted by Gasteiger charge is 2.33. The first kappa shape index (κ1) is 7.03. The van der Waals surface area contributed by atoms with Gasteiger partial charge in [-0.25, -0.2) is 0 Å². The summed E-state index contributed by atoms with van der Waals surface area (Å²) in [5.74, 6) is 0.711. The Kier molecular flexibility index (Phi) is 1.78. The second-order valence-corrected chi connectivity index (χ2v) is 3.21. The van der Waals surface area contributed by atoms with E-state index in [-0.39, 0.29) is 5.54 Å². The lowest BCUT2D eigenvalue weighted by molar-refractivity contribution is -0.0686. The van der Waals surface area contributed by atoms with Crippen LogP contribution in [0.5, 0.6) is 0 Å². The maximum absolute atomic E-state index is 5.08. The fourth-order valence-corrected chi connectivity index (χ4v) is 0.856. The zero-order chi connectivity index (χ0) is 6.91. The molecule has 0 radical (unpaired) electrons. The quantitative estimate of drug-likeness (QED) is 0.590. The van der Waals surface area contributed by atoms with Gasteiger partial charge in [-0.1, -0.05) is 0 Å². The predicted octanol–water partition coefficient (Wildman–Crippen LogP) is 0.631. The van der Waals surface area contributed by atoms with Gasteiger partial charge < -0.3 is 10.1 Å². The van der Waals surface area contributed by atoms with Crippen molar-refractivity contribution in [3.63, 3.8) is 0 Å². The van der Waals surface area contributed by atoms with Gasteiger partial charge >= 0.3 is 0 Å². The third-order valence-corrected chi connectivity index (χ3v) is 2.30. The summed E-state index contributed by atoms with van der Waals surface area (Å²) in [6, 6.07) is 0. The second kappa shape index (κ2) is 2.27. The summed E-state index contributed by atoms with van der Waals surface area (Å²) in [7, 11) is 2.00. The van der Waals surface area contributed by atoms with Crippen molar-refractivity contribution in [2.24, 2.45) is 5.92 Å². The van der Waals surface area contributed by atoms with Crippen molar-refractivity contribution < 1.29 is 4.74 Å². The summed E-state index contributed by atoms with van der Waals surface area (Å²) in [6.07, 6.45) is 0. The molecule has 1 aliphatic rings. The lowest BCUT2D eigenvalue weighted by Crippen LogP contribution is -2.52. The van der Waals surface area contributed by atoms with Gasteiger partial charge in [-0.05, 0) is 20.9 Å². The van der Waals surface area contributed by atoms with Crippen LogP contribution in [0.1, 0.15) is 13.8 Å². The van der Waals surface area contributed by atoms with Gasteiger partial charge in [0.2, 0.25) is 0 Å². The topological polar surface area (TPSA) is 21.3 Å². The Labute approximate surface area is 56.6 Å². The summed E-state index contributed by atoms with van der Waals surface area (Å²) < 4.78 is 5.08. The van der Waals surface area contributed by atoms with Crippen LogP contribution in [0.4, 0.5) is 0 Å². The van der Waals surface area contributed by atoms with Crippen LogP contribution in [0, 0.1) is 5.92 Å². The highest BCUT2D eigenvalue weighted by molar-refractivity contribution is 4.88. The Morgan fingerprint density at radius 1 is 1.44 bits per heavy atom. The number of ether oxygens (including phenoxy) is 1. The summed E-state index contributed by atoms with van der Waals surface area (Å²) in [6.45, 7) is 6.27. The van der Waals surface area contributed by atoms with Crippen molar-refractivity contribution in [1.82, 2.24) is 5.32 Å². The molecule has 2 nitrogen and oxygen atoms in total. The average molecular weight is 129 g/mol. The van der Waals surface area contributed by atoms with E-state index in [1.165, 1.54) is 0 Å². The molecule has 1 rings (SSSR count). The van der Waals surface area contributed by atoms with Crippen molar-refractivity contribution in [2.45, 2.75) is 19.4 Å². The summed E-state index contributed by atoms with van der Waals surface area (Å²) in [4.78, 5) is 0. The smallest absolute Gasteiger partial charge is 0.0534 e. The van der Waals surface area contributed by atoms with E-state index >= 15 is 0 Å². The van der Waals surface area contributed by atoms with Gasteiger partial charge in [-0.15, -0.1) is 0 Å². The van der Waals surface area contributed by atoms with Crippen molar-refractivity contribution in [2.75, 3.05) is 20.3 Å². The van der Waals surface area contributed by atoms with Gasteiger partial charge in [-0.3, -0.25) is 0 Å². The van der Waals surface area contributed by atoms with Gasteiger partial charge in [0.25, 0.3) is 0 Å². The molecule has 1 saturated heterocycles. The number of hydrogen-bond acceptors (Lipinski definition) is 2. The molecule has 2 heteroatoms. The average Bonchev–Trinajstić information content (AvgIpc) is 1.60. The molecular weight excluding hydrogens is 114 g/mol. The maximum Gasteiger partial charge on any atom is 0.0534 e. The van der Waals surface area contributed by atoms with Crippen LogP contribution in [0.3, 0.4) is 0 Å². The van der Waals surface area contributed by atoms with Crippen molar-refractivity contribution in [3.05, 3.63) is 0 Å². The van der Waals surface area contributed by atoms with Gasteiger partial charge in [-0.2, -0.15) is 0 Å². The van der Waals surface area contributed by atoms with Gasteiger partial charge in [0, 0.05) is 11.5 Å². The standard InChI is InChI=1S/C7H15NO/c1-7(2,8-3)6-4-9-5-6/h6,8H,4-5H2,1-3H3. The zero-order valence-corrected chi connectivity index (χ0v) is 6.40. The third kappa shape index (κ3) is 1.25. The van der Waals surface area contributed by atoms with E-state index < -0.39 is 0 Å². The van der Waals surface area contributed by atoms with Gasteiger partial charge in [0.1, 0.15) is 0 Å². The Morgan fingerprint density at radius 3 is 2.11 bits per heavy atom. The minimum absolute atomic E-state index is 0.262. The fraction of sp³-hybridized carbons (Fsp3) is 1.00. The van der Waals surface area contributed by atoms with E-state index in [9.17, 15) is 0 Å². The van der Waals surface area contributed by atoms with E-state index in [0.29, 0.717) is 5.92 Å². The largest absolute Gasteiger partial charge is 0.381 e. The molecule has 0 spiro atoms. The summed E-state index contributed by atoms with van der Waals surface area (Å²) in [5, 5.41) is 3.26. The van der Waals surface area contributed by atoms with Crippen molar-refractivity contribution >= 4 is 0 Å². The Hall–Kier alpha value is -0.0800. The number of rotatable bonds is 2. The monoisotopic (exact) mass is 129 g/mol. The predicted molar refractivity (Wildman–Crippen MR) is 37.4 cm³/mol. The van der Waals surface area contributed by atoms with E-state index in [0.717, 1.165) is 13.2 Å². The minimum Gasteiger partial charge on any atom is -0.381 e. The van der Waals surface area contributed by atoms with Crippen LogP contribution >= 0.6 is 0 Å². The molecule has 0 aromatic rings. The lowest BCUT2D eigenvalue weighted by atomic mass is 9.86. The first-order chi connectivity index (χ1) is 4.17. The first-order valence-electron chi connectivity index (χ1n) is 3.43. The molecule has 0 unspecified atom stereocenters. The SMILES string of the molecule is CNC(C)(C)C1COC1. The zero-order valence-electron chi connectivity index (χ0n) is 6.40. The van der Waals surface area contributed by atoms with Crippen LogP contribution < -0.4 is 5.32 Å². The van der Waals surface area contributed by atoms with E-state index in [1.807, 2.05) is 7.05 Å². The van der Waals surface area contributed by atoms with Crippen LogP contribution in [0.2, 0.25) is 0 Å². The number of nitrogens with one attached hydrogen (secondary N) is 1. The van der Waals surface area contributed by atoms with Crippen molar-refractivity contribution in [1.29, 1.82) is 0 Å². The molecule has 54 valence electrons. The van der Waals surface area contributed by atoms with Crippen LogP contribution in [0.25, 0.3) is 0 Å². The number of hydrogen-bond donors (Lipinski definition) is 1. The fourth-order valence-electron chi connectivity index (χ4n) is 0.856. The minimum atomic E-state index is 0.262. The Balaban J connectivity index is 2.37. The summed E-state index contributed by atoms with van der Waals surface area (Å²) >= 11 is 0. The maximum atomic E-state index is 5.08. The van der Waals surface area contributed by atoms with Crippen LogP contribution in [0.15, 0.2) is 0 Å².